The molecule has 2 N–H and O–H groups in total. The molecule has 0 aliphatic rings. The first-order valence-electron chi connectivity index (χ1n) is 4.18. The lowest BCUT2D eigenvalue weighted by Gasteiger charge is -2.07. The third-order valence-corrected chi connectivity index (χ3v) is 2.45. The van der Waals surface area contributed by atoms with E-state index in [9.17, 15) is 8.42 Å². The normalized spacial score (nSPS) is 11.3. The highest BCUT2D eigenvalue weighted by molar-refractivity contribution is 7.89. The first-order valence-corrected chi connectivity index (χ1v) is 5.89. The third-order valence-electron chi connectivity index (χ3n) is 1.72. The van der Waals surface area contributed by atoms with Gasteiger partial charge in [-0.3, -0.25) is 0 Å². The lowest BCUT2D eigenvalue weighted by molar-refractivity contribution is 0.338. The molecule has 0 spiro atoms. The maximum atomic E-state index is 10.6. The van der Waals surface area contributed by atoms with Crippen molar-refractivity contribution in [3.63, 3.8) is 0 Å². The Labute approximate surface area is 83.7 Å². The zero-order valence-corrected chi connectivity index (χ0v) is 8.75. The van der Waals surface area contributed by atoms with Gasteiger partial charge in [0.25, 0.3) is 0 Å². The fourth-order valence-electron chi connectivity index (χ4n) is 0.986. The van der Waals surface area contributed by atoms with Crippen LogP contribution in [0.2, 0.25) is 0 Å². The van der Waals surface area contributed by atoms with Gasteiger partial charge in [0.05, 0.1) is 5.75 Å². The van der Waals surface area contributed by atoms with Crippen LogP contribution in [0, 0.1) is 6.92 Å². The zero-order chi connectivity index (χ0) is 10.6. The van der Waals surface area contributed by atoms with Crippen molar-refractivity contribution >= 4 is 10.0 Å². The largest absolute Gasteiger partial charge is 0.492 e. The number of aryl methyl sites for hydroxylation is 1. The molecule has 0 amide bonds. The molecule has 0 aliphatic heterocycles. The van der Waals surface area contributed by atoms with Crippen LogP contribution in [-0.4, -0.2) is 20.8 Å². The number of primary sulfonamides is 1. The minimum absolute atomic E-state index is 0.0870. The first-order chi connectivity index (χ1) is 6.49. The van der Waals surface area contributed by atoms with Gasteiger partial charge >= 0.3 is 0 Å². The summed E-state index contributed by atoms with van der Waals surface area (Å²) < 4.78 is 26.5. The molecule has 0 fully saturated rings. The van der Waals surface area contributed by atoms with E-state index in [1.54, 1.807) is 6.07 Å². The molecule has 0 unspecified atom stereocenters. The van der Waals surface area contributed by atoms with Gasteiger partial charge in [0, 0.05) is 0 Å². The topological polar surface area (TPSA) is 69.4 Å². The lowest BCUT2D eigenvalue weighted by atomic mass is 10.2. The van der Waals surface area contributed by atoms with E-state index < -0.39 is 10.0 Å². The van der Waals surface area contributed by atoms with E-state index in [-0.39, 0.29) is 12.4 Å². The van der Waals surface area contributed by atoms with Gasteiger partial charge in [-0.2, -0.15) is 0 Å². The van der Waals surface area contributed by atoms with Crippen LogP contribution in [0.4, 0.5) is 0 Å². The second-order valence-corrected chi connectivity index (χ2v) is 4.71. The minimum atomic E-state index is -3.43. The minimum Gasteiger partial charge on any atom is -0.492 e. The van der Waals surface area contributed by atoms with Crippen LogP contribution in [0.3, 0.4) is 0 Å². The van der Waals surface area contributed by atoms with E-state index in [4.69, 9.17) is 9.88 Å². The summed E-state index contributed by atoms with van der Waals surface area (Å²) in [5.74, 6) is 0.526. The predicted molar refractivity (Wildman–Crippen MR) is 54.6 cm³/mol. The van der Waals surface area contributed by atoms with Crippen molar-refractivity contribution in [2.75, 3.05) is 12.4 Å². The van der Waals surface area contributed by atoms with Crippen LogP contribution in [-0.2, 0) is 10.0 Å². The van der Waals surface area contributed by atoms with Crippen LogP contribution in [0.15, 0.2) is 24.3 Å². The van der Waals surface area contributed by atoms with E-state index in [1.165, 1.54) is 0 Å². The van der Waals surface area contributed by atoms with Gasteiger partial charge in [0.15, 0.2) is 0 Å². The van der Waals surface area contributed by atoms with Gasteiger partial charge in [-0.1, -0.05) is 18.2 Å². The molecule has 1 rings (SSSR count). The number of nitrogens with two attached hydrogens (primary N) is 1. The lowest BCUT2D eigenvalue weighted by Crippen LogP contribution is -2.21. The second-order valence-electron chi connectivity index (χ2n) is 2.98. The Bertz CT molecular complexity index is 400. The highest BCUT2D eigenvalue weighted by Gasteiger charge is 2.03. The van der Waals surface area contributed by atoms with Gasteiger partial charge in [-0.25, -0.2) is 13.6 Å². The zero-order valence-electron chi connectivity index (χ0n) is 7.93. The standard InChI is InChI=1S/C9H13NO3S/c1-8-4-2-3-5-9(8)13-6-7-14(10,11)12/h2-5H,6-7H2,1H3,(H2,10,11,12). The smallest absolute Gasteiger partial charge is 0.212 e. The maximum Gasteiger partial charge on any atom is 0.212 e. The van der Waals surface area contributed by atoms with Gasteiger partial charge in [-0.05, 0) is 18.6 Å². The number of benzene rings is 1. The predicted octanol–water partition coefficient (Wildman–Crippen LogP) is 0.662. The SMILES string of the molecule is Cc1ccccc1OCCS(N)(=O)=O. The van der Waals surface area contributed by atoms with Crippen molar-refractivity contribution in [2.45, 2.75) is 6.92 Å². The molecular weight excluding hydrogens is 202 g/mol. The fourth-order valence-corrected chi connectivity index (χ4v) is 1.30. The number of ether oxygens (including phenoxy) is 1. The molecular formula is C9H13NO3S. The molecule has 0 heterocycles. The van der Waals surface area contributed by atoms with E-state index in [0.717, 1.165) is 5.56 Å². The van der Waals surface area contributed by atoms with Crippen molar-refractivity contribution in [3.8, 4) is 5.75 Å². The quantitative estimate of drug-likeness (QED) is 0.802. The third kappa shape index (κ3) is 3.76. The summed E-state index contributed by atoms with van der Waals surface area (Å²) in [5, 5.41) is 4.83. The van der Waals surface area contributed by atoms with Gasteiger partial charge < -0.3 is 4.74 Å². The van der Waals surface area contributed by atoms with Crippen LogP contribution < -0.4 is 9.88 Å². The maximum absolute atomic E-state index is 10.6. The van der Waals surface area contributed by atoms with Crippen LogP contribution >= 0.6 is 0 Å². The Morgan fingerprint density at radius 3 is 2.57 bits per heavy atom. The fraction of sp³-hybridized carbons (Fsp3) is 0.333. The number of para-hydroxylation sites is 1. The summed E-state index contributed by atoms with van der Waals surface area (Å²) in [6.07, 6.45) is 0. The Kier molecular flexibility index (Phi) is 3.49. The highest BCUT2D eigenvalue weighted by Crippen LogP contribution is 2.15. The molecule has 0 saturated heterocycles. The van der Waals surface area contributed by atoms with E-state index >= 15 is 0 Å². The van der Waals surface area contributed by atoms with Crippen molar-refractivity contribution in [3.05, 3.63) is 29.8 Å². The molecule has 1 aromatic carbocycles. The van der Waals surface area contributed by atoms with Crippen LogP contribution in [0.25, 0.3) is 0 Å². The molecule has 0 aliphatic carbocycles. The summed E-state index contributed by atoms with van der Waals surface area (Å²) in [6, 6.07) is 7.41. The van der Waals surface area contributed by atoms with Gasteiger partial charge in [0.2, 0.25) is 10.0 Å². The van der Waals surface area contributed by atoms with Gasteiger partial charge in [0.1, 0.15) is 12.4 Å². The number of hydrogen-bond donors (Lipinski definition) is 1. The highest BCUT2D eigenvalue weighted by atomic mass is 32.2. The number of sulfonamides is 1. The van der Waals surface area contributed by atoms with Crippen LogP contribution in [0.5, 0.6) is 5.75 Å². The Hall–Kier alpha value is -1.07. The Balaban J connectivity index is 2.51. The Morgan fingerprint density at radius 2 is 2.00 bits per heavy atom. The molecule has 5 heteroatoms. The second kappa shape index (κ2) is 4.43. The molecule has 0 aromatic heterocycles. The molecule has 4 nitrogen and oxygen atoms in total. The van der Waals surface area contributed by atoms with Crippen molar-refractivity contribution in [1.82, 2.24) is 0 Å². The van der Waals surface area contributed by atoms with Gasteiger partial charge in [-0.15, -0.1) is 0 Å². The molecule has 0 bridgehead atoms. The van der Waals surface area contributed by atoms with E-state index in [0.29, 0.717) is 5.75 Å². The molecule has 0 saturated carbocycles. The molecule has 1 aromatic rings. The summed E-state index contributed by atoms with van der Waals surface area (Å²) in [5.41, 5.74) is 0.974. The van der Waals surface area contributed by atoms with E-state index in [1.807, 2.05) is 25.1 Å². The van der Waals surface area contributed by atoms with E-state index in [2.05, 4.69) is 0 Å². The molecule has 0 radical (unpaired) electrons. The molecule has 78 valence electrons. The molecule has 0 atom stereocenters. The summed E-state index contributed by atoms with van der Waals surface area (Å²) in [6.45, 7) is 1.98. The Morgan fingerprint density at radius 1 is 1.36 bits per heavy atom. The summed E-state index contributed by atoms with van der Waals surface area (Å²) in [4.78, 5) is 0. The first kappa shape index (κ1) is 11.0. The summed E-state index contributed by atoms with van der Waals surface area (Å²) >= 11 is 0. The number of hydrogen-bond acceptors (Lipinski definition) is 3. The summed E-state index contributed by atoms with van der Waals surface area (Å²) in [7, 11) is -3.43. The van der Waals surface area contributed by atoms with Crippen LogP contribution in [0.1, 0.15) is 5.56 Å². The average molecular weight is 215 g/mol. The van der Waals surface area contributed by atoms with Crippen molar-refractivity contribution in [2.24, 2.45) is 5.14 Å². The van der Waals surface area contributed by atoms with Crippen molar-refractivity contribution in [1.29, 1.82) is 0 Å². The monoisotopic (exact) mass is 215 g/mol. The van der Waals surface area contributed by atoms with Crippen molar-refractivity contribution < 1.29 is 13.2 Å². The number of rotatable bonds is 4. The average Bonchev–Trinajstić information content (AvgIpc) is 2.06. The molecule has 14 heavy (non-hydrogen) atoms.